The van der Waals surface area contributed by atoms with Crippen molar-refractivity contribution in [1.29, 1.82) is 0 Å². The Morgan fingerprint density at radius 2 is 2.00 bits per heavy atom. The summed E-state index contributed by atoms with van der Waals surface area (Å²) in [4.78, 5) is 15.7. The smallest absolute Gasteiger partial charge is 0.326 e. The zero-order valence-electron chi connectivity index (χ0n) is 13.9. The molecule has 0 aromatic heterocycles. The lowest BCUT2D eigenvalue weighted by atomic mass is 10.2. The van der Waals surface area contributed by atoms with Crippen LogP contribution in [0.5, 0.6) is 11.5 Å². The van der Waals surface area contributed by atoms with Gasteiger partial charge in [-0.3, -0.25) is 4.90 Å². The average molecular weight is 344 g/mol. The monoisotopic (exact) mass is 344 g/mol. The molecule has 0 saturated heterocycles. The van der Waals surface area contributed by atoms with Crippen molar-refractivity contribution in [1.82, 2.24) is 0 Å². The van der Waals surface area contributed by atoms with Gasteiger partial charge in [-0.2, -0.15) is 0 Å². The maximum Gasteiger partial charge on any atom is 0.326 e. The number of hydrogen-bond acceptors (Lipinski definition) is 4. The Labute approximate surface area is 145 Å². The number of benzene rings is 2. The van der Waals surface area contributed by atoms with E-state index in [9.17, 15) is 4.79 Å². The standard InChI is InChI=1S/C18H20N2O3S/c1-12-11-20(15-6-4-5-7-17(15)24-12)18(21)19-14-10-13(22-2)8-9-16(14)23-3/h4-10,12H,11H2,1-3H3,(H,19,21). The largest absolute Gasteiger partial charge is 0.497 e. The van der Waals surface area contributed by atoms with E-state index < -0.39 is 0 Å². The molecule has 1 unspecified atom stereocenters. The van der Waals surface area contributed by atoms with Crippen molar-refractivity contribution < 1.29 is 14.3 Å². The Morgan fingerprint density at radius 3 is 2.75 bits per heavy atom. The molecule has 6 heteroatoms. The summed E-state index contributed by atoms with van der Waals surface area (Å²) in [6.07, 6.45) is 0. The zero-order valence-corrected chi connectivity index (χ0v) is 14.7. The molecule has 0 bridgehead atoms. The number of carbonyl (C=O) groups excluding carboxylic acids is 1. The molecule has 0 aliphatic carbocycles. The molecule has 126 valence electrons. The number of hydrogen-bond donors (Lipinski definition) is 1. The first kappa shape index (κ1) is 16.5. The number of carbonyl (C=O) groups is 1. The summed E-state index contributed by atoms with van der Waals surface area (Å²) in [5.41, 5.74) is 1.52. The van der Waals surface area contributed by atoms with Crippen LogP contribution in [0.15, 0.2) is 47.4 Å². The Kier molecular flexibility index (Phi) is 4.85. The second-order valence-electron chi connectivity index (χ2n) is 5.50. The van der Waals surface area contributed by atoms with E-state index in [1.165, 1.54) is 0 Å². The van der Waals surface area contributed by atoms with Gasteiger partial charge in [-0.1, -0.05) is 19.1 Å². The minimum atomic E-state index is -0.179. The van der Waals surface area contributed by atoms with Crippen LogP contribution in [0.3, 0.4) is 0 Å². The SMILES string of the molecule is COc1ccc(OC)c(NC(=O)N2CC(C)Sc3ccccc32)c1. The third kappa shape index (κ3) is 3.28. The summed E-state index contributed by atoms with van der Waals surface area (Å²) in [5.74, 6) is 1.26. The second-order valence-corrected chi connectivity index (χ2v) is 6.98. The van der Waals surface area contributed by atoms with Crippen molar-refractivity contribution in [2.75, 3.05) is 31.0 Å². The van der Waals surface area contributed by atoms with Crippen LogP contribution >= 0.6 is 11.8 Å². The van der Waals surface area contributed by atoms with Gasteiger partial charge >= 0.3 is 6.03 Å². The van der Waals surface area contributed by atoms with Gasteiger partial charge in [0, 0.05) is 22.8 Å². The summed E-state index contributed by atoms with van der Waals surface area (Å²) >= 11 is 1.79. The number of nitrogens with one attached hydrogen (secondary N) is 1. The maximum absolute atomic E-state index is 12.9. The number of nitrogens with zero attached hydrogens (tertiary/aromatic N) is 1. The lowest BCUT2D eigenvalue weighted by molar-refractivity contribution is 0.256. The lowest BCUT2D eigenvalue weighted by Gasteiger charge is -2.32. The van der Waals surface area contributed by atoms with E-state index in [0.717, 1.165) is 10.6 Å². The molecule has 1 aliphatic heterocycles. The summed E-state index contributed by atoms with van der Waals surface area (Å²) in [6.45, 7) is 2.77. The predicted octanol–water partition coefficient (Wildman–Crippen LogP) is 4.24. The van der Waals surface area contributed by atoms with Gasteiger partial charge in [-0.15, -0.1) is 11.8 Å². The van der Waals surface area contributed by atoms with E-state index in [0.29, 0.717) is 29.0 Å². The molecule has 0 radical (unpaired) electrons. The van der Waals surface area contributed by atoms with Gasteiger partial charge in [0.1, 0.15) is 11.5 Å². The normalized spacial score (nSPS) is 16.3. The fourth-order valence-electron chi connectivity index (χ4n) is 2.68. The lowest BCUT2D eigenvalue weighted by Crippen LogP contribution is -2.41. The van der Waals surface area contributed by atoms with Crippen LogP contribution in [0.25, 0.3) is 0 Å². The highest BCUT2D eigenvalue weighted by atomic mass is 32.2. The molecular weight excluding hydrogens is 324 g/mol. The number of rotatable bonds is 3. The third-order valence-corrected chi connectivity index (χ3v) is 4.97. The third-order valence-electron chi connectivity index (χ3n) is 3.82. The first-order valence-electron chi connectivity index (χ1n) is 7.68. The number of methoxy groups -OCH3 is 2. The van der Waals surface area contributed by atoms with Crippen LogP contribution in [0.2, 0.25) is 0 Å². The van der Waals surface area contributed by atoms with E-state index in [4.69, 9.17) is 9.47 Å². The number of thioether (sulfide) groups is 1. The molecule has 2 amide bonds. The van der Waals surface area contributed by atoms with Crippen LogP contribution in [0.1, 0.15) is 6.92 Å². The molecular formula is C18H20N2O3S. The molecule has 24 heavy (non-hydrogen) atoms. The number of ether oxygens (including phenoxy) is 2. The predicted molar refractivity (Wildman–Crippen MR) is 97.7 cm³/mol. The molecule has 1 N–H and O–H groups in total. The summed E-state index contributed by atoms with van der Waals surface area (Å²) < 4.78 is 10.6. The van der Waals surface area contributed by atoms with Gasteiger partial charge in [-0.25, -0.2) is 4.79 Å². The first-order chi connectivity index (χ1) is 11.6. The Hall–Kier alpha value is -2.34. The first-order valence-corrected chi connectivity index (χ1v) is 8.56. The maximum atomic E-state index is 12.9. The fourth-order valence-corrected chi connectivity index (χ4v) is 3.79. The summed E-state index contributed by atoms with van der Waals surface area (Å²) in [6, 6.07) is 13.1. The van der Waals surface area contributed by atoms with Crippen LogP contribution < -0.4 is 19.7 Å². The number of urea groups is 1. The van der Waals surface area contributed by atoms with Crippen molar-refractivity contribution in [2.45, 2.75) is 17.1 Å². The highest BCUT2D eigenvalue weighted by Crippen LogP contribution is 2.38. The van der Waals surface area contributed by atoms with Crippen LogP contribution in [-0.4, -0.2) is 32.0 Å². The molecule has 1 atom stereocenters. The molecule has 5 nitrogen and oxygen atoms in total. The Bertz CT molecular complexity index is 751. The fraction of sp³-hybridized carbons (Fsp3) is 0.278. The summed E-state index contributed by atoms with van der Waals surface area (Å²) in [5, 5.41) is 3.27. The topological polar surface area (TPSA) is 50.8 Å². The molecule has 0 saturated carbocycles. The number of anilines is 2. The van der Waals surface area contributed by atoms with E-state index >= 15 is 0 Å². The Morgan fingerprint density at radius 1 is 1.21 bits per heavy atom. The number of fused-ring (bicyclic) bond motifs is 1. The number of amides is 2. The van der Waals surface area contributed by atoms with E-state index in [-0.39, 0.29) is 6.03 Å². The minimum Gasteiger partial charge on any atom is -0.497 e. The average Bonchev–Trinajstić information content (AvgIpc) is 2.60. The molecule has 0 fully saturated rings. The highest BCUT2D eigenvalue weighted by molar-refractivity contribution is 8.00. The van der Waals surface area contributed by atoms with Gasteiger partial charge in [0.05, 0.1) is 25.6 Å². The molecule has 3 rings (SSSR count). The quantitative estimate of drug-likeness (QED) is 0.905. The van der Waals surface area contributed by atoms with Crippen molar-refractivity contribution in [3.8, 4) is 11.5 Å². The van der Waals surface area contributed by atoms with E-state index in [1.54, 1.807) is 49.1 Å². The second kappa shape index (κ2) is 7.05. The minimum absolute atomic E-state index is 0.179. The highest BCUT2D eigenvalue weighted by Gasteiger charge is 2.27. The van der Waals surface area contributed by atoms with Gasteiger partial charge < -0.3 is 14.8 Å². The Balaban J connectivity index is 1.88. The van der Waals surface area contributed by atoms with Crippen LogP contribution in [-0.2, 0) is 0 Å². The molecule has 2 aromatic carbocycles. The van der Waals surface area contributed by atoms with Crippen molar-refractivity contribution >= 4 is 29.2 Å². The molecule has 0 spiro atoms. The van der Waals surface area contributed by atoms with Gasteiger partial charge in [-0.05, 0) is 24.3 Å². The van der Waals surface area contributed by atoms with Crippen LogP contribution in [0.4, 0.5) is 16.2 Å². The molecule has 1 aliphatic rings. The number of para-hydroxylation sites is 1. The summed E-state index contributed by atoms with van der Waals surface area (Å²) in [7, 11) is 3.17. The van der Waals surface area contributed by atoms with Crippen LogP contribution in [0, 0.1) is 0 Å². The molecule has 2 aromatic rings. The van der Waals surface area contributed by atoms with Gasteiger partial charge in [0.15, 0.2) is 0 Å². The van der Waals surface area contributed by atoms with Crippen molar-refractivity contribution in [2.24, 2.45) is 0 Å². The van der Waals surface area contributed by atoms with E-state index in [1.807, 2.05) is 24.3 Å². The van der Waals surface area contributed by atoms with Crippen molar-refractivity contribution in [3.05, 3.63) is 42.5 Å². The van der Waals surface area contributed by atoms with Crippen molar-refractivity contribution in [3.63, 3.8) is 0 Å². The van der Waals surface area contributed by atoms with Gasteiger partial charge in [0.25, 0.3) is 0 Å². The van der Waals surface area contributed by atoms with E-state index in [2.05, 4.69) is 12.2 Å². The zero-order chi connectivity index (χ0) is 17.1. The van der Waals surface area contributed by atoms with Gasteiger partial charge in [0.2, 0.25) is 0 Å². The molecule has 1 heterocycles.